The molecule has 186 valence electrons. The maximum absolute atomic E-state index is 13.9. The molecule has 0 saturated carbocycles. The van der Waals surface area contributed by atoms with E-state index in [1.165, 1.54) is 7.11 Å². The average Bonchev–Trinajstić information content (AvgIpc) is 2.86. The Labute approximate surface area is 207 Å². The third-order valence-corrected chi connectivity index (χ3v) is 8.32. The minimum Gasteiger partial charge on any atom is -0.504 e. The molecule has 1 aliphatic rings. The fourth-order valence-electron chi connectivity index (χ4n) is 4.51. The molecule has 3 aromatic carbocycles. The van der Waals surface area contributed by atoms with E-state index >= 15 is 0 Å². The maximum atomic E-state index is 13.9. The third-order valence-electron chi connectivity index (χ3n) is 6.42. The summed E-state index contributed by atoms with van der Waals surface area (Å²) in [4.78, 5) is 2.58. The molecule has 0 aromatic heterocycles. The van der Waals surface area contributed by atoms with Crippen LogP contribution in [0.4, 0.5) is 5.69 Å². The summed E-state index contributed by atoms with van der Waals surface area (Å²) in [6, 6.07) is 19.4. The standard InChI is InChI=1S/C27H32N2O5S/c1-20-7-10-25(11-8-20)35(31,32)29(23-5-4-6-24(18-23)33-2)22-13-15-28(16-14-22)19-21-9-12-26(30)27(17-21)34-3/h4-12,17-18,22,30H,13-16,19H2,1-3H3. The van der Waals surface area contributed by atoms with E-state index in [4.69, 9.17) is 9.47 Å². The van der Waals surface area contributed by atoms with Gasteiger partial charge in [-0.05, 0) is 61.7 Å². The van der Waals surface area contributed by atoms with Crippen LogP contribution in [0, 0.1) is 6.92 Å². The number of piperidine rings is 1. The largest absolute Gasteiger partial charge is 0.504 e. The van der Waals surface area contributed by atoms with Gasteiger partial charge in [-0.25, -0.2) is 8.42 Å². The van der Waals surface area contributed by atoms with Crippen LogP contribution in [0.15, 0.2) is 71.6 Å². The van der Waals surface area contributed by atoms with Gasteiger partial charge >= 0.3 is 0 Å². The van der Waals surface area contributed by atoms with Crippen molar-refractivity contribution in [3.8, 4) is 17.2 Å². The fourth-order valence-corrected chi connectivity index (χ4v) is 6.21. The molecule has 1 fully saturated rings. The van der Waals surface area contributed by atoms with Gasteiger partial charge < -0.3 is 14.6 Å². The normalized spacial score (nSPS) is 15.1. The summed E-state index contributed by atoms with van der Waals surface area (Å²) in [6.07, 6.45) is 1.38. The van der Waals surface area contributed by atoms with Crippen molar-refractivity contribution in [2.24, 2.45) is 0 Å². The molecular formula is C27H32N2O5S. The molecule has 1 N–H and O–H groups in total. The molecular weight excluding hydrogens is 464 g/mol. The van der Waals surface area contributed by atoms with Crippen molar-refractivity contribution < 1.29 is 23.0 Å². The van der Waals surface area contributed by atoms with E-state index < -0.39 is 10.0 Å². The fraction of sp³-hybridized carbons (Fsp3) is 0.333. The van der Waals surface area contributed by atoms with Crippen molar-refractivity contribution in [1.29, 1.82) is 0 Å². The van der Waals surface area contributed by atoms with Crippen molar-refractivity contribution in [1.82, 2.24) is 4.90 Å². The first-order valence-electron chi connectivity index (χ1n) is 11.6. The number of rotatable bonds is 8. The predicted molar refractivity (Wildman–Crippen MR) is 137 cm³/mol. The van der Waals surface area contributed by atoms with Gasteiger partial charge in [0.15, 0.2) is 11.5 Å². The lowest BCUT2D eigenvalue weighted by atomic mass is 10.0. The Morgan fingerprint density at radius 3 is 2.34 bits per heavy atom. The van der Waals surface area contributed by atoms with Crippen LogP contribution >= 0.6 is 0 Å². The molecule has 7 nitrogen and oxygen atoms in total. The molecule has 1 aliphatic heterocycles. The van der Waals surface area contributed by atoms with E-state index in [9.17, 15) is 13.5 Å². The first-order chi connectivity index (χ1) is 16.8. The number of hydrogen-bond acceptors (Lipinski definition) is 6. The average molecular weight is 497 g/mol. The number of nitrogens with zero attached hydrogens (tertiary/aromatic N) is 2. The van der Waals surface area contributed by atoms with Gasteiger partial charge in [0.25, 0.3) is 10.0 Å². The van der Waals surface area contributed by atoms with Crippen molar-refractivity contribution in [3.05, 3.63) is 77.9 Å². The molecule has 0 bridgehead atoms. The summed E-state index contributed by atoms with van der Waals surface area (Å²) in [7, 11) is -0.659. The molecule has 1 saturated heterocycles. The van der Waals surface area contributed by atoms with E-state index in [-0.39, 0.29) is 16.7 Å². The van der Waals surface area contributed by atoms with Gasteiger partial charge in [-0.15, -0.1) is 0 Å². The molecule has 3 aromatic rings. The first-order valence-corrected chi connectivity index (χ1v) is 13.1. The lowest BCUT2D eigenvalue weighted by Crippen LogP contribution is -2.47. The number of anilines is 1. The molecule has 1 heterocycles. The quantitative estimate of drug-likeness (QED) is 0.492. The van der Waals surface area contributed by atoms with Gasteiger partial charge in [0.1, 0.15) is 5.75 Å². The Bertz CT molecular complexity index is 1250. The number of phenolic OH excluding ortho intramolecular Hbond substituents is 1. The van der Waals surface area contributed by atoms with E-state index in [1.54, 1.807) is 35.7 Å². The van der Waals surface area contributed by atoms with E-state index in [2.05, 4.69) is 4.90 Å². The molecule has 0 spiro atoms. The molecule has 0 aliphatic carbocycles. The number of methoxy groups -OCH3 is 2. The molecule has 35 heavy (non-hydrogen) atoms. The lowest BCUT2D eigenvalue weighted by Gasteiger charge is -2.39. The highest BCUT2D eigenvalue weighted by Crippen LogP contribution is 2.33. The van der Waals surface area contributed by atoms with Crippen LogP contribution in [0.1, 0.15) is 24.0 Å². The van der Waals surface area contributed by atoms with Crippen LogP contribution in [-0.4, -0.2) is 51.8 Å². The van der Waals surface area contributed by atoms with Gasteiger partial charge in [0, 0.05) is 31.7 Å². The SMILES string of the molecule is COc1cccc(N(C2CCN(Cc3ccc(O)c(OC)c3)CC2)S(=O)(=O)c2ccc(C)cc2)c1. The van der Waals surface area contributed by atoms with Crippen LogP contribution in [0.25, 0.3) is 0 Å². The lowest BCUT2D eigenvalue weighted by molar-refractivity contribution is 0.206. The number of ether oxygens (including phenoxy) is 2. The third kappa shape index (κ3) is 5.55. The number of sulfonamides is 1. The highest BCUT2D eigenvalue weighted by molar-refractivity contribution is 7.92. The smallest absolute Gasteiger partial charge is 0.264 e. The first kappa shape index (κ1) is 24.9. The Hall–Kier alpha value is -3.23. The molecule has 0 radical (unpaired) electrons. The Kier molecular flexibility index (Phi) is 7.52. The molecule has 0 unspecified atom stereocenters. The van der Waals surface area contributed by atoms with Gasteiger partial charge in [-0.3, -0.25) is 9.21 Å². The van der Waals surface area contributed by atoms with Crippen molar-refractivity contribution in [2.45, 2.75) is 37.2 Å². The van der Waals surface area contributed by atoms with Crippen LogP contribution < -0.4 is 13.8 Å². The second-order valence-corrected chi connectivity index (χ2v) is 10.6. The van der Waals surface area contributed by atoms with E-state index in [0.29, 0.717) is 36.6 Å². The van der Waals surface area contributed by atoms with Crippen molar-refractivity contribution >= 4 is 15.7 Å². The van der Waals surface area contributed by atoms with Gasteiger partial charge in [-0.1, -0.05) is 29.8 Å². The number of likely N-dealkylation sites (tertiary alicyclic amines) is 1. The number of aryl methyl sites for hydroxylation is 1. The van der Waals surface area contributed by atoms with E-state index in [1.807, 2.05) is 49.4 Å². The molecule has 0 atom stereocenters. The van der Waals surface area contributed by atoms with Gasteiger partial charge in [0.2, 0.25) is 0 Å². The number of aromatic hydroxyl groups is 1. The minimum atomic E-state index is -3.77. The number of phenols is 1. The summed E-state index contributed by atoms with van der Waals surface area (Å²) in [5.74, 6) is 1.18. The zero-order valence-corrected chi connectivity index (χ0v) is 21.2. The van der Waals surface area contributed by atoms with E-state index in [0.717, 1.165) is 24.2 Å². The Morgan fingerprint density at radius 2 is 1.69 bits per heavy atom. The second-order valence-electron chi connectivity index (χ2n) is 8.83. The molecule has 4 rings (SSSR count). The minimum absolute atomic E-state index is 0.116. The van der Waals surface area contributed by atoms with Crippen LogP contribution in [-0.2, 0) is 16.6 Å². The monoisotopic (exact) mass is 496 g/mol. The van der Waals surface area contributed by atoms with Crippen molar-refractivity contribution in [2.75, 3.05) is 31.6 Å². The molecule has 0 amide bonds. The van der Waals surface area contributed by atoms with Crippen LogP contribution in [0.2, 0.25) is 0 Å². The van der Waals surface area contributed by atoms with Gasteiger partial charge in [0.05, 0.1) is 24.8 Å². The van der Waals surface area contributed by atoms with Crippen LogP contribution in [0.5, 0.6) is 17.2 Å². The topological polar surface area (TPSA) is 79.3 Å². The van der Waals surface area contributed by atoms with Crippen molar-refractivity contribution in [3.63, 3.8) is 0 Å². The Balaban J connectivity index is 1.57. The summed E-state index contributed by atoms with van der Waals surface area (Å²) in [5, 5.41) is 9.86. The summed E-state index contributed by atoms with van der Waals surface area (Å²) in [5.41, 5.74) is 2.65. The summed E-state index contributed by atoms with van der Waals surface area (Å²) >= 11 is 0. The number of hydrogen-bond donors (Lipinski definition) is 1. The summed E-state index contributed by atoms with van der Waals surface area (Å²) in [6.45, 7) is 4.14. The highest BCUT2D eigenvalue weighted by Gasteiger charge is 2.34. The summed E-state index contributed by atoms with van der Waals surface area (Å²) < 4.78 is 39.9. The highest BCUT2D eigenvalue weighted by atomic mass is 32.2. The maximum Gasteiger partial charge on any atom is 0.264 e. The molecule has 8 heteroatoms. The Morgan fingerprint density at radius 1 is 0.971 bits per heavy atom. The zero-order valence-electron chi connectivity index (χ0n) is 20.3. The predicted octanol–water partition coefficient (Wildman–Crippen LogP) is 4.58. The zero-order chi connectivity index (χ0) is 25.0. The second kappa shape index (κ2) is 10.6. The van der Waals surface area contributed by atoms with Gasteiger partial charge in [-0.2, -0.15) is 0 Å². The number of benzene rings is 3. The van der Waals surface area contributed by atoms with Crippen LogP contribution in [0.3, 0.4) is 0 Å².